The number of aryl methyl sites for hydroxylation is 1. The number of carbonyl (C=O) groups is 1. The summed E-state index contributed by atoms with van der Waals surface area (Å²) in [5.41, 5.74) is 5.99. The summed E-state index contributed by atoms with van der Waals surface area (Å²) in [6.07, 6.45) is 7.12. The van der Waals surface area contributed by atoms with Crippen molar-refractivity contribution in [2.45, 2.75) is 32.2 Å². The molecule has 0 aromatic heterocycles. The van der Waals surface area contributed by atoms with Crippen LogP contribution in [0.15, 0.2) is 48.5 Å². The van der Waals surface area contributed by atoms with Crippen molar-refractivity contribution in [1.82, 2.24) is 4.90 Å². The molecular formula is C22H25ClN2O. The molecule has 1 atom stereocenters. The molecule has 0 aliphatic carbocycles. The molecule has 0 spiro atoms. The van der Waals surface area contributed by atoms with Gasteiger partial charge in [0.05, 0.1) is 0 Å². The summed E-state index contributed by atoms with van der Waals surface area (Å²) in [6.45, 7) is 4.43. The lowest BCUT2D eigenvalue weighted by atomic mass is 9.92. The van der Waals surface area contributed by atoms with Gasteiger partial charge in [0.25, 0.3) is 0 Å². The maximum atomic E-state index is 12.3. The van der Waals surface area contributed by atoms with Crippen LogP contribution in [-0.4, -0.2) is 23.9 Å². The molecule has 2 aromatic rings. The van der Waals surface area contributed by atoms with Crippen LogP contribution >= 0.6 is 12.4 Å². The summed E-state index contributed by atoms with van der Waals surface area (Å²) >= 11 is 0. The quantitative estimate of drug-likeness (QED) is 0.792. The lowest BCUT2D eigenvalue weighted by Gasteiger charge is -2.32. The van der Waals surface area contributed by atoms with Gasteiger partial charge in [0.15, 0.2) is 0 Å². The Balaban J connectivity index is 0.00000196. The second-order valence-corrected chi connectivity index (χ2v) is 7.04. The number of nitrogens with one attached hydrogen (secondary N) is 1. The zero-order valence-corrected chi connectivity index (χ0v) is 15.9. The van der Waals surface area contributed by atoms with Crippen molar-refractivity contribution in [3.05, 3.63) is 70.8 Å². The average Bonchev–Trinajstić information content (AvgIpc) is 3.10. The molecule has 26 heavy (non-hydrogen) atoms. The van der Waals surface area contributed by atoms with Gasteiger partial charge in [0, 0.05) is 24.4 Å². The standard InChI is InChI=1S/C22H24N2O.ClH/c1-16-5-2-3-6-17(16)9-11-22(25)23-19-10-8-18-12-14-24-13-4-7-21(24)20(18)15-19;/h2-3,5-6,8-11,15,21H,4,7,12-14H2,1H3,(H,23,25);1H. The number of carbonyl (C=O) groups excluding carboxylic acids is 1. The zero-order valence-electron chi connectivity index (χ0n) is 15.1. The van der Waals surface area contributed by atoms with Crippen LogP contribution in [0.2, 0.25) is 0 Å². The Morgan fingerprint density at radius 1 is 1.19 bits per heavy atom. The van der Waals surface area contributed by atoms with Gasteiger partial charge in [-0.3, -0.25) is 9.69 Å². The molecule has 1 fully saturated rings. The molecule has 1 saturated heterocycles. The van der Waals surface area contributed by atoms with Crippen molar-refractivity contribution in [2.75, 3.05) is 18.4 Å². The minimum absolute atomic E-state index is 0. The van der Waals surface area contributed by atoms with Crippen molar-refractivity contribution in [2.24, 2.45) is 0 Å². The Morgan fingerprint density at radius 3 is 2.88 bits per heavy atom. The fourth-order valence-electron chi connectivity index (χ4n) is 4.04. The monoisotopic (exact) mass is 368 g/mol. The summed E-state index contributed by atoms with van der Waals surface area (Å²) in [7, 11) is 0. The molecule has 3 nitrogen and oxygen atoms in total. The smallest absolute Gasteiger partial charge is 0.248 e. The number of fused-ring (bicyclic) bond motifs is 3. The minimum Gasteiger partial charge on any atom is -0.323 e. The van der Waals surface area contributed by atoms with E-state index in [1.54, 1.807) is 6.08 Å². The highest BCUT2D eigenvalue weighted by Crippen LogP contribution is 2.38. The van der Waals surface area contributed by atoms with E-state index >= 15 is 0 Å². The summed E-state index contributed by atoms with van der Waals surface area (Å²) < 4.78 is 0. The van der Waals surface area contributed by atoms with Crippen molar-refractivity contribution < 1.29 is 4.79 Å². The third-order valence-corrected chi connectivity index (χ3v) is 5.41. The molecule has 1 N–H and O–H groups in total. The van der Waals surface area contributed by atoms with Gasteiger partial charge in [0.2, 0.25) is 5.91 Å². The van der Waals surface area contributed by atoms with E-state index < -0.39 is 0 Å². The van der Waals surface area contributed by atoms with E-state index in [-0.39, 0.29) is 18.3 Å². The van der Waals surface area contributed by atoms with Gasteiger partial charge in [-0.1, -0.05) is 30.3 Å². The molecule has 1 unspecified atom stereocenters. The maximum Gasteiger partial charge on any atom is 0.248 e. The summed E-state index contributed by atoms with van der Waals surface area (Å²) in [6, 6.07) is 15.0. The summed E-state index contributed by atoms with van der Waals surface area (Å²) in [5, 5.41) is 3.02. The molecule has 0 bridgehead atoms. The first-order valence-electron chi connectivity index (χ1n) is 9.12. The van der Waals surface area contributed by atoms with Crippen LogP contribution in [0.3, 0.4) is 0 Å². The predicted molar refractivity (Wildman–Crippen MR) is 110 cm³/mol. The fourth-order valence-corrected chi connectivity index (χ4v) is 4.04. The van der Waals surface area contributed by atoms with E-state index in [0.29, 0.717) is 6.04 Å². The molecule has 1 amide bonds. The van der Waals surface area contributed by atoms with E-state index in [9.17, 15) is 4.79 Å². The van der Waals surface area contributed by atoms with Gasteiger partial charge in [-0.25, -0.2) is 0 Å². The molecule has 2 heterocycles. The van der Waals surface area contributed by atoms with Gasteiger partial charge < -0.3 is 5.32 Å². The minimum atomic E-state index is -0.0812. The molecule has 2 aliphatic rings. The van der Waals surface area contributed by atoms with E-state index in [0.717, 1.165) is 17.7 Å². The van der Waals surface area contributed by atoms with Crippen LogP contribution in [0.1, 0.15) is 41.1 Å². The van der Waals surface area contributed by atoms with Crippen LogP contribution in [0.4, 0.5) is 5.69 Å². The van der Waals surface area contributed by atoms with Crippen LogP contribution in [0, 0.1) is 6.92 Å². The highest BCUT2D eigenvalue weighted by molar-refractivity contribution is 6.02. The highest BCUT2D eigenvalue weighted by Gasteiger charge is 2.31. The van der Waals surface area contributed by atoms with Crippen LogP contribution in [0.25, 0.3) is 6.08 Å². The second-order valence-electron chi connectivity index (χ2n) is 7.04. The van der Waals surface area contributed by atoms with Gasteiger partial charge in [-0.15, -0.1) is 12.4 Å². The maximum absolute atomic E-state index is 12.3. The van der Waals surface area contributed by atoms with Gasteiger partial charge >= 0.3 is 0 Å². The van der Waals surface area contributed by atoms with Crippen molar-refractivity contribution in [3.8, 4) is 0 Å². The molecule has 2 aliphatic heterocycles. The topological polar surface area (TPSA) is 32.3 Å². The molecular weight excluding hydrogens is 344 g/mol. The molecule has 2 aromatic carbocycles. The molecule has 136 valence electrons. The molecule has 4 heteroatoms. The number of nitrogens with zero attached hydrogens (tertiary/aromatic N) is 1. The highest BCUT2D eigenvalue weighted by atomic mass is 35.5. The van der Waals surface area contributed by atoms with Crippen molar-refractivity contribution >= 4 is 30.1 Å². The second kappa shape index (κ2) is 8.07. The largest absolute Gasteiger partial charge is 0.323 e. The third-order valence-electron chi connectivity index (χ3n) is 5.41. The number of anilines is 1. The third kappa shape index (κ3) is 3.84. The molecule has 4 rings (SSSR count). The zero-order chi connectivity index (χ0) is 17.2. The van der Waals surface area contributed by atoms with Crippen LogP contribution in [0.5, 0.6) is 0 Å². The van der Waals surface area contributed by atoms with Crippen LogP contribution < -0.4 is 5.32 Å². The first-order chi connectivity index (χ1) is 12.2. The lowest BCUT2D eigenvalue weighted by molar-refractivity contribution is -0.111. The SMILES string of the molecule is Cc1ccccc1C=CC(=O)Nc1ccc2c(c1)C1CCCN1CC2.Cl. The average molecular weight is 369 g/mol. The van der Waals surface area contributed by atoms with Crippen molar-refractivity contribution in [1.29, 1.82) is 0 Å². The number of amides is 1. The summed E-state index contributed by atoms with van der Waals surface area (Å²) in [4.78, 5) is 14.9. The number of halogens is 1. The first kappa shape index (κ1) is 18.7. The fraction of sp³-hybridized carbons (Fsp3) is 0.318. The van der Waals surface area contributed by atoms with Crippen LogP contribution in [-0.2, 0) is 11.2 Å². The lowest BCUT2D eigenvalue weighted by Crippen LogP contribution is -2.30. The Labute approximate surface area is 161 Å². The Kier molecular flexibility index (Phi) is 5.80. The van der Waals surface area contributed by atoms with Gasteiger partial charge in [-0.2, -0.15) is 0 Å². The van der Waals surface area contributed by atoms with E-state index in [1.807, 2.05) is 30.3 Å². The molecule has 0 saturated carbocycles. The number of benzene rings is 2. The van der Waals surface area contributed by atoms with E-state index in [1.165, 1.54) is 42.6 Å². The van der Waals surface area contributed by atoms with Gasteiger partial charge in [0.1, 0.15) is 0 Å². The Bertz CT molecular complexity index is 831. The summed E-state index contributed by atoms with van der Waals surface area (Å²) in [5.74, 6) is -0.0812. The van der Waals surface area contributed by atoms with Gasteiger partial charge in [-0.05, 0) is 73.2 Å². The predicted octanol–water partition coefficient (Wildman–Crippen LogP) is 4.76. The first-order valence-corrected chi connectivity index (χ1v) is 9.12. The number of hydrogen-bond donors (Lipinski definition) is 1. The Morgan fingerprint density at radius 2 is 2.04 bits per heavy atom. The normalized spacial score (nSPS) is 18.9. The number of rotatable bonds is 3. The van der Waals surface area contributed by atoms with E-state index in [2.05, 4.69) is 35.3 Å². The molecule has 0 radical (unpaired) electrons. The Hall–Kier alpha value is -2.10. The van der Waals surface area contributed by atoms with Crippen molar-refractivity contribution in [3.63, 3.8) is 0 Å². The van der Waals surface area contributed by atoms with E-state index in [4.69, 9.17) is 0 Å². The number of hydrogen-bond acceptors (Lipinski definition) is 2.